The lowest BCUT2D eigenvalue weighted by Crippen LogP contribution is -1.92. The molecule has 0 amide bonds. The van der Waals surface area contributed by atoms with Crippen LogP contribution in [0.25, 0.3) is 0 Å². The van der Waals surface area contributed by atoms with E-state index in [9.17, 15) is 0 Å². The van der Waals surface area contributed by atoms with Crippen LogP contribution in [0, 0.1) is 0 Å². The molecular weight excluding hydrogens is 200 g/mol. The number of nitrogens with zero attached hydrogens (tertiary/aromatic N) is 2. The molecule has 0 spiro atoms. The van der Waals surface area contributed by atoms with Gasteiger partial charge in [-0.15, -0.1) is 0 Å². The quantitative estimate of drug-likeness (QED) is 0.280. The van der Waals surface area contributed by atoms with Gasteiger partial charge in [0.15, 0.2) is 0 Å². The molecule has 3 nitrogen and oxygen atoms in total. The normalized spacial score (nSPS) is 13.9. The van der Waals surface area contributed by atoms with Gasteiger partial charge in [-0.1, -0.05) is 13.8 Å². The molecule has 0 bridgehead atoms. The minimum atomic E-state index is 0.764. The van der Waals surface area contributed by atoms with E-state index in [4.69, 9.17) is 4.74 Å². The van der Waals surface area contributed by atoms with E-state index >= 15 is 0 Å². The Morgan fingerprint density at radius 2 is 1.94 bits per heavy atom. The summed E-state index contributed by atoms with van der Waals surface area (Å²) in [6.45, 7) is 12.2. The lowest BCUT2D eigenvalue weighted by molar-refractivity contribution is 0.214. The van der Waals surface area contributed by atoms with E-state index in [2.05, 4.69) is 30.8 Å². The van der Waals surface area contributed by atoms with Gasteiger partial charge in [0.05, 0.1) is 18.1 Å². The first-order valence-corrected chi connectivity index (χ1v) is 5.66. The monoisotopic (exact) mass is 222 g/mol. The molecule has 0 saturated carbocycles. The Balaban J connectivity index is 4.61. The minimum Gasteiger partial charge on any atom is -0.498 e. The summed E-state index contributed by atoms with van der Waals surface area (Å²) in [4.78, 5) is 0. The second-order valence-corrected chi connectivity index (χ2v) is 3.56. The zero-order chi connectivity index (χ0) is 12.4. The van der Waals surface area contributed by atoms with E-state index in [0.717, 1.165) is 30.9 Å². The van der Waals surface area contributed by atoms with Crippen LogP contribution in [-0.2, 0) is 4.74 Å². The van der Waals surface area contributed by atoms with Gasteiger partial charge in [0.2, 0.25) is 0 Å². The molecule has 16 heavy (non-hydrogen) atoms. The number of hydrogen-bond donors (Lipinski definition) is 0. The number of ether oxygens (including phenoxy) is 1. The summed E-state index contributed by atoms with van der Waals surface area (Å²) in [6.07, 6.45) is 6.00. The maximum absolute atomic E-state index is 5.51. The van der Waals surface area contributed by atoms with Crippen LogP contribution in [0.15, 0.2) is 33.7 Å². The van der Waals surface area contributed by atoms with Gasteiger partial charge < -0.3 is 4.74 Å². The van der Waals surface area contributed by atoms with Crippen LogP contribution in [0.5, 0.6) is 0 Å². The van der Waals surface area contributed by atoms with Crippen molar-refractivity contribution in [2.45, 2.75) is 40.5 Å². The third kappa shape index (κ3) is 6.98. The molecule has 0 aromatic heterocycles. The molecule has 0 unspecified atom stereocenters. The molecule has 0 aromatic carbocycles. The molecule has 0 aromatic rings. The molecule has 0 heterocycles. The Kier molecular flexibility index (Phi) is 8.12. The van der Waals surface area contributed by atoms with Crippen molar-refractivity contribution in [3.05, 3.63) is 23.5 Å². The summed E-state index contributed by atoms with van der Waals surface area (Å²) in [5, 5.41) is 7.36. The average Bonchev–Trinajstić information content (AvgIpc) is 2.25. The van der Waals surface area contributed by atoms with Gasteiger partial charge in [-0.2, -0.15) is 10.2 Å². The van der Waals surface area contributed by atoms with Crippen molar-refractivity contribution in [3.8, 4) is 0 Å². The molecule has 0 rings (SSSR count). The Morgan fingerprint density at radius 1 is 1.25 bits per heavy atom. The summed E-state index contributed by atoms with van der Waals surface area (Å²) >= 11 is 0. The van der Waals surface area contributed by atoms with Crippen LogP contribution >= 0.6 is 0 Å². The standard InChI is InChI=1S/C13H22N2O/c1-6-8-16-12(4)10-13(7-2)9-11(3)15-14-5/h9-10H,5-8H2,1-4H3. The molecule has 3 heteroatoms. The molecule has 0 atom stereocenters. The Labute approximate surface area is 98.6 Å². The van der Waals surface area contributed by atoms with Crippen molar-refractivity contribution in [2.75, 3.05) is 6.61 Å². The summed E-state index contributed by atoms with van der Waals surface area (Å²) in [6, 6.07) is 0. The fourth-order valence-electron chi connectivity index (χ4n) is 1.22. The molecule has 0 radical (unpaired) electrons. The zero-order valence-electron chi connectivity index (χ0n) is 10.8. The summed E-state index contributed by atoms with van der Waals surface area (Å²) in [5.41, 5.74) is 2.03. The van der Waals surface area contributed by atoms with Crippen LogP contribution in [0.4, 0.5) is 0 Å². The first kappa shape index (κ1) is 14.6. The first-order chi connectivity index (χ1) is 7.63. The third-order valence-corrected chi connectivity index (χ3v) is 1.95. The van der Waals surface area contributed by atoms with Crippen molar-refractivity contribution in [2.24, 2.45) is 10.2 Å². The fraction of sp³-hybridized carbons (Fsp3) is 0.538. The first-order valence-electron chi connectivity index (χ1n) is 5.66. The van der Waals surface area contributed by atoms with E-state index in [1.165, 1.54) is 5.57 Å². The number of rotatable bonds is 7. The van der Waals surface area contributed by atoms with E-state index < -0.39 is 0 Å². The predicted octanol–water partition coefficient (Wildman–Crippen LogP) is 3.73. The van der Waals surface area contributed by atoms with E-state index in [1.54, 1.807) is 0 Å². The average molecular weight is 222 g/mol. The van der Waals surface area contributed by atoms with Gasteiger partial charge in [0, 0.05) is 6.72 Å². The zero-order valence-corrected chi connectivity index (χ0v) is 10.8. The molecule has 0 aliphatic heterocycles. The van der Waals surface area contributed by atoms with Crippen LogP contribution in [0.3, 0.4) is 0 Å². The maximum Gasteiger partial charge on any atom is 0.0931 e. The lowest BCUT2D eigenvalue weighted by atomic mass is 10.1. The Morgan fingerprint density at radius 3 is 2.44 bits per heavy atom. The fourth-order valence-corrected chi connectivity index (χ4v) is 1.22. The van der Waals surface area contributed by atoms with Gasteiger partial charge in [-0.05, 0) is 44.4 Å². The van der Waals surface area contributed by atoms with Crippen LogP contribution in [0.1, 0.15) is 40.5 Å². The van der Waals surface area contributed by atoms with Crippen molar-refractivity contribution in [3.63, 3.8) is 0 Å². The van der Waals surface area contributed by atoms with E-state index in [0.29, 0.717) is 0 Å². The summed E-state index contributed by atoms with van der Waals surface area (Å²) in [7, 11) is 0. The second-order valence-electron chi connectivity index (χ2n) is 3.56. The predicted molar refractivity (Wildman–Crippen MR) is 71.0 cm³/mol. The largest absolute Gasteiger partial charge is 0.498 e. The van der Waals surface area contributed by atoms with Gasteiger partial charge in [0.25, 0.3) is 0 Å². The van der Waals surface area contributed by atoms with Crippen molar-refractivity contribution in [1.29, 1.82) is 0 Å². The second kappa shape index (κ2) is 8.89. The highest BCUT2D eigenvalue weighted by atomic mass is 16.5. The highest BCUT2D eigenvalue weighted by Gasteiger charge is 1.95. The van der Waals surface area contributed by atoms with Gasteiger partial charge in [0.1, 0.15) is 0 Å². The summed E-state index contributed by atoms with van der Waals surface area (Å²) in [5.74, 6) is 0.939. The van der Waals surface area contributed by atoms with Crippen LogP contribution in [0.2, 0.25) is 0 Å². The highest BCUT2D eigenvalue weighted by Crippen LogP contribution is 2.08. The summed E-state index contributed by atoms with van der Waals surface area (Å²) < 4.78 is 5.51. The SMILES string of the molecule is C=NN=C(C)C=C(C=C(C)OCCC)CC. The minimum absolute atomic E-state index is 0.764. The van der Waals surface area contributed by atoms with Gasteiger partial charge in [-0.25, -0.2) is 0 Å². The molecule has 0 fully saturated rings. The topological polar surface area (TPSA) is 34.0 Å². The van der Waals surface area contributed by atoms with E-state index in [-0.39, 0.29) is 0 Å². The number of hydrogen-bond acceptors (Lipinski definition) is 3. The van der Waals surface area contributed by atoms with Crippen molar-refractivity contribution >= 4 is 12.4 Å². The molecule has 0 aliphatic carbocycles. The van der Waals surface area contributed by atoms with Gasteiger partial charge in [-0.3, -0.25) is 0 Å². The van der Waals surface area contributed by atoms with Crippen LogP contribution < -0.4 is 0 Å². The third-order valence-electron chi connectivity index (χ3n) is 1.95. The molecular formula is C13H22N2O. The molecule has 0 N–H and O–H groups in total. The van der Waals surface area contributed by atoms with E-state index in [1.807, 2.05) is 26.0 Å². The van der Waals surface area contributed by atoms with Gasteiger partial charge >= 0.3 is 0 Å². The Bertz CT molecular complexity index is 301. The maximum atomic E-state index is 5.51. The number of allylic oxidation sites excluding steroid dienone is 4. The highest BCUT2D eigenvalue weighted by molar-refractivity contribution is 5.93. The molecule has 0 saturated heterocycles. The lowest BCUT2D eigenvalue weighted by Gasteiger charge is -2.05. The smallest absolute Gasteiger partial charge is 0.0931 e. The Hall–Kier alpha value is -1.38. The molecule has 90 valence electrons. The van der Waals surface area contributed by atoms with Crippen molar-refractivity contribution in [1.82, 2.24) is 0 Å². The van der Waals surface area contributed by atoms with Crippen molar-refractivity contribution < 1.29 is 4.74 Å². The molecule has 0 aliphatic rings. The van der Waals surface area contributed by atoms with Crippen LogP contribution in [-0.4, -0.2) is 19.0 Å².